The summed E-state index contributed by atoms with van der Waals surface area (Å²) in [5.41, 5.74) is -0.542. The number of hydrogen-bond donors (Lipinski definition) is 2. The molecule has 0 unspecified atom stereocenters. The fourth-order valence-electron chi connectivity index (χ4n) is 1.39. The predicted molar refractivity (Wildman–Crippen MR) is 58.3 cm³/mol. The van der Waals surface area contributed by atoms with E-state index < -0.39 is 15.6 Å². The van der Waals surface area contributed by atoms with E-state index in [0.717, 1.165) is 6.20 Å². The second-order valence-electron chi connectivity index (χ2n) is 4.03. The highest BCUT2D eigenvalue weighted by Crippen LogP contribution is 2.36. The summed E-state index contributed by atoms with van der Waals surface area (Å²) in [5, 5.41) is 17.6. The largest absolute Gasteiger partial charge is 0.394 e. The maximum Gasteiger partial charge on any atom is 0.242 e. The minimum atomic E-state index is -3.67. The molecule has 1 saturated carbocycles. The van der Waals surface area contributed by atoms with Crippen molar-refractivity contribution in [2.24, 2.45) is 0 Å². The summed E-state index contributed by atoms with van der Waals surface area (Å²) in [5.74, 6) is 0. The molecule has 7 heteroatoms. The van der Waals surface area contributed by atoms with Gasteiger partial charge in [-0.1, -0.05) is 0 Å². The van der Waals surface area contributed by atoms with Crippen LogP contribution < -0.4 is 4.72 Å². The van der Waals surface area contributed by atoms with Crippen LogP contribution in [-0.2, 0) is 10.0 Å². The number of aliphatic hydroxyl groups is 1. The van der Waals surface area contributed by atoms with E-state index in [1.54, 1.807) is 0 Å². The molecule has 0 amide bonds. The quantitative estimate of drug-likeness (QED) is 0.770. The molecule has 90 valence electrons. The molecule has 1 aromatic rings. The molecule has 0 saturated heterocycles. The number of hydrogen-bond acceptors (Lipinski definition) is 5. The first-order valence-corrected chi connectivity index (χ1v) is 6.51. The highest BCUT2D eigenvalue weighted by Gasteiger charge is 2.45. The van der Waals surface area contributed by atoms with Gasteiger partial charge in [-0.05, 0) is 25.0 Å². The van der Waals surface area contributed by atoms with Gasteiger partial charge in [0.2, 0.25) is 10.0 Å². The van der Waals surface area contributed by atoms with Crippen molar-refractivity contribution in [1.29, 1.82) is 5.26 Å². The van der Waals surface area contributed by atoms with E-state index in [9.17, 15) is 8.42 Å². The molecule has 1 fully saturated rings. The van der Waals surface area contributed by atoms with Crippen LogP contribution in [0, 0.1) is 11.3 Å². The fraction of sp³-hybridized carbons (Fsp3) is 0.400. The van der Waals surface area contributed by atoms with Crippen molar-refractivity contribution in [3.8, 4) is 6.07 Å². The summed E-state index contributed by atoms with van der Waals surface area (Å²) in [7, 11) is -3.67. The Morgan fingerprint density at radius 2 is 2.24 bits per heavy atom. The second kappa shape index (κ2) is 4.07. The summed E-state index contributed by atoms with van der Waals surface area (Å²) in [6, 6.07) is 4.47. The van der Waals surface area contributed by atoms with E-state index in [4.69, 9.17) is 10.4 Å². The Morgan fingerprint density at radius 1 is 1.53 bits per heavy atom. The molecule has 0 aromatic carbocycles. The average molecular weight is 253 g/mol. The summed E-state index contributed by atoms with van der Waals surface area (Å²) >= 11 is 0. The minimum Gasteiger partial charge on any atom is -0.394 e. The van der Waals surface area contributed by atoms with Gasteiger partial charge in [-0.2, -0.15) is 5.26 Å². The van der Waals surface area contributed by atoms with Gasteiger partial charge in [-0.25, -0.2) is 18.1 Å². The Hall–Kier alpha value is -1.49. The number of aliphatic hydroxyl groups excluding tert-OH is 1. The third-order valence-electron chi connectivity index (χ3n) is 2.67. The SMILES string of the molecule is N#Cc1ccc(S(=O)(=O)NC2(CO)CC2)cn1. The van der Waals surface area contributed by atoms with E-state index in [-0.39, 0.29) is 17.2 Å². The highest BCUT2D eigenvalue weighted by molar-refractivity contribution is 7.89. The molecule has 0 spiro atoms. The van der Waals surface area contributed by atoms with Crippen molar-refractivity contribution in [2.75, 3.05) is 6.61 Å². The molecule has 0 aliphatic heterocycles. The standard InChI is InChI=1S/C10H11N3O3S/c11-5-8-1-2-9(6-12-8)17(15,16)13-10(7-14)3-4-10/h1-2,6,13-14H,3-4,7H2. The van der Waals surface area contributed by atoms with Crippen LogP contribution in [0.15, 0.2) is 23.2 Å². The first-order valence-electron chi connectivity index (χ1n) is 5.02. The van der Waals surface area contributed by atoms with Crippen LogP contribution in [-0.4, -0.2) is 30.7 Å². The molecule has 0 radical (unpaired) electrons. The molecule has 2 rings (SSSR count). The summed E-state index contributed by atoms with van der Waals surface area (Å²) in [6.45, 7) is -0.212. The van der Waals surface area contributed by atoms with Crippen molar-refractivity contribution >= 4 is 10.0 Å². The van der Waals surface area contributed by atoms with Crippen molar-refractivity contribution in [2.45, 2.75) is 23.3 Å². The van der Waals surface area contributed by atoms with Gasteiger partial charge in [0.1, 0.15) is 16.7 Å². The Balaban J connectivity index is 2.23. The van der Waals surface area contributed by atoms with Crippen LogP contribution in [0.2, 0.25) is 0 Å². The zero-order chi connectivity index (χ0) is 12.5. The first kappa shape index (κ1) is 12.0. The zero-order valence-electron chi connectivity index (χ0n) is 8.92. The highest BCUT2D eigenvalue weighted by atomic mass is 32.2. The molecule has 17 heavy (non-hydrogen) atoms. The molecule has 0 atom stereocenters. The normalized spacial score (nSPS) is 17.4. The van der Waals surface area contributed by atoms with Crippen LogP contribution in [0.25, 0.3) is 0 Å². The zero-order valence-corrected chi connectivity index (χ0v) is 9.74. The van der Waals surface area contributed by atoms with E-state index >= 15 is 0 Å². The monoisotopic (exact) mass is 253 g/mol. The fourth-order valence-corrected chi connectivity index (χ4v) is 2.79. The van der Waals surface area contributed by atoms with E-state index in [2.05, 4.69) is 9.71 Å². The van der Waals surface area contributed by atoms with Crippen molar-refractivity contribution < 1.29 is 13.5 Å². The number of aromatic nitrogens is 1. The minimum absolute atomic E-state index is 0.00350. The summed E-state index contributed by atoms with van der Waals surface area (Å²) in [6.07, 6.45) is 2.40. The summed E-state index contributed by atoms with van der Waals surface area (Å²) < 4.78 is 26.2. The number of sulfonamides is 1. The maximum absolute atomic E-state index is 11.9. The van der Waals surface area contributed by atoms with E-state index in [0.29, 0.717) is 12.8 Å². The molecule has 2 N–H and O–H groups in total. The van der Waals surface area contributed by atoms with Crippen LogP contribution in [0.3, 0.4) is 0 Å². The van der Waals surface area contributed by atoms with Crippen LogP contribution in [0.1, 0.15) is 18.5 Å². The number of rotatable bonds is 4. The number of nitrogens with one attached hydrogen (secondary N) is 1. The lowest BCUT2D eigenvalue weighted by molar-refractivity contribution is 0.246. The van der Waals surface area contributed by atoms with E-state index in [1.165, 1.54) is 12.1 Å². The van der Waals surface area contributed by atoms with Gasteiger partial charge >= 0.3 is 0 Å². The molecular formula is C10H11N3O3S. The lowest BCUT2D eigenvalue weighted by atomic mass is 10.3. The second-order valence-corrected chi connectivity index (χ2v) is 5.72. The van der Waals surface area contributed by atoms with Gasteiger partial charge in [-0.3, -0.25) is 0 Å². The molecular weight excluding hydrogens is 242 g/mol. The molecule has 1 aliphatic rings. The van der Waals surface area contributed by atoms with Gasteiger partial charge in [-0.15, -0.1) is 0 Å². The third-order valence-corrected chi connectivity index (χ3v) is 4.23. The Bertz CT molecular complexity index is 555. The van der Waals surface area contributed by atoms with Gasteiger partial charge in [0.15, 0.2) is 0 Å². The van der Waals surface area contributed by atoms with Crippen LogP contribution in [0.5, 0.6) is 0 Å². The summed E-state index contributed by atoms with van der Waals surface area (Å²) in [4.78, 5) is 3.69. The van der Waals surface area contributed by atoms with Crippen LogP contribution in [0.4, 0.5) is 0 Å². The van der Waals surface area contributed by atoms with Gasteiger partial charge < -0.3 is 5.11 Å². The number of pyridine rings is 1. The van der Waals surface area contributed by atoms with Gasteiger partial charge in [0.05, 0.1) is 12.1 Å². The van der Waals surface area contributed by atoms with Crippen molar-refractivity contribution in [3.05, 3.63) is 24.0 Å². The lowest BCUT2D eigenvalue weighted by Gasteiger charge is -2.14. The van der Waals surface area contributed by atoms with E-state index in [1.807, 2.05) is 6.07 Å². The topological polar surface area (TPSA) is 103 Å². The molecule has 1 heterocycles. The van der Waals surface area contributed by atoms with Gasteiger partial charge in [0, 0.05) is 6.20 Å². The van der Waals surface area contributed by atoms with Crippen molar-refractivity contribution in [1.82, 2.24) is 9.71 Å². The average Bonchev–Trinajstić information content (AvgIpc) is 3.09. The predicted octanol–water partition coefficient (Wildman–Crippen LogP) is -0.244. The first-order chi connectivity index (χ1) is 8.01. The molecule has 6 nitrogen and oxygen atoms in total. The maximum atomic E-state index is 11.9. The Morgan fingerprint density at radius 3 is 2.65 bits per heavy atom. The molecule has 0 bridgehead atoms. The Labute approximate surface area is 99.0 Å². The smallest absolute Gasteiger partial charge is 0.242 e. The molecule has 1 aliphatic carbocycles. The number of nitrogens with zero attached hydrogens (tertiary/aromatic N) is 2. The van der Waals surface area contributed by atoms with Crippen molar-refractivity contribution in [3.63, 3.8) is 0 Å². The van der Waals surface area contributed by atoms with Gasteiger partial charge in [0.25, 0.3) is 0 Å². The Kier molecular flexibility index (Phi) is 2.87. The third kappa shape index (κ3) is 2.44. The number of nitriles is 1. The van der Waals surface area contributed by atoms with Crippen LogP contribution >= 0.6 is 0 Å². The molecule has 1 aromatic heterocycles. The lowest BCUT2D eigenvalue weighted by Crippen LogP contribution is -2.39.